The molecule has 1 aromatic heterocycles. The van der Waals surface area contributed by atoms with Crippen LogP contribution in [0.25, 0.3) is 11.3 Å². The SMILES string of the molecule is CN=C(NCCc1ccc(N(C)C)cc1)N(C)Cc1ncc(-c2ccccc2)[nH]1.I. The third-order valence-corrected chi connectivity index (χ3v) is 4.82. The van der Waals surface area contributed by atoms with Gasteiger partial charge >= 0.3 is 0 Å². The van der Waals surface area contributed by atoms with Crippen molar-refractivity contribution < 1.29 is 0 Å². The molecule has 6 nitrogen and oxygen atoms in total. The summed E-state index contributed by atoms with van der Waals surface area (Å²) in [6.07, 6.45) is 2.82. The highest BCUT2D eigenvalue weighted by Gasteiger charge is 2.10. The Bertz CT molecular complexity index is 918. The molecule has 7 heteroatoms. The standard InChI is InChI=1S/C23H30N6.HI/c1-24-23(25-15-14-18-10-12-20(13-11-18)28(2)3)29(4)17-22-26-16-21(27-22)19-8-6-5-7-9-19;/h5-13,16H,14-15,17H2,1-4H3,(H,24,25)(H,26,27);1H. The highest BCUT2D eigenvalue weighted by Crippen LogP contribution is 2.16. The Hall–Kier alpha value is -2.55. The van der Waals surface area contributed by atoms with E-state index in [9.17, 15) is 0 Å². The van der Waals surface area contributed by atoms with Gasteiger partial charge in [-0.1, -0.05) is 42.5 Å². The number of rotatable bonds is 7. The molecule has 0 bridgehead atoms. The summed E-state index contributed by atoms with van der Waals surface area (Å²) < 4.78 is 0. The third-order valence-electron chi connectivity index (χ3n) is 4.82. The number of nitrogens with one attached hydrogen (secondary N) is 2. The monoisotopic (exact) mass is 518 g/mol. The quantitative estimate of drug-likeness (QED) is 0.282. The molecule has 3 rings (SSSR count). The Balaban J connectivity index is 0.00000320. The van der Waals surface area contributed by atoms with Crippen LogP contribution in [0.3, 0.4) is 0 Å². The van der Waals surface area contributed by atoms with E-state index in [0.29, 0.717) is 6.54 Å². The fraction of sp³-hybridized carbons (Fsp3) is 0.304. The molecule has 2 N–H and O–H groups in total. The Morgan fingerprint density at radius 3 is 2.37 bits per heavy atom. The fourth-order valence-electron chi connectivity index (χ4n) is 3.17. The lowest BCUT2D eigenvalue weighted by Gasteiger charge is -2.21. The Labute approximate surface area is 196 Å². The van der Waals surface area contributed by atoms with E-state index >= 15 is 0 Å². The summed E-state index contributed by atoms with van der Waals surface area (Å²) in [6.45, 7) is 1.48. The highest BCUT2D eigenvalue weighted by atomic mass is 127. The number of imidazole rings is 1. The van der Waals surface area contributed by atoms with Crippen LogP contribution in [0.5, 0.6) is 0 Å². The number of aliphatic imine (C=N–C) groups is 1. The van der Waals surface area contributed by atoms with E-state index in [1.54, 1.807) is 0 Å². The highest BCUT2D eigenvalue weighted by molar-refractivity contribution is 14.0. The fourth-order valence-corrected chi connectivity index (χ4v) is 3.17. The topological polar surface area (TPSA) is 59.6 Å². The third kappa shape index (κ3) is 6.48. The second-order valence-corrected chi connectivity index (χ2v) is 7.25. The number of benzene rings is 2. The molecule has 0 aliphatic rings. The van der Waals surface area contributed by atoms with E-state index < -0.39 is 0 Å². The van der Waals surface area contributed by atoms with Crippen molar-refractivity contribution in [2.75, 3.05) is 39.6 Å². The summed E-state index contributed by atoms with van der Waals surface area (Å²) >= 11 is 0. The largest absolute Gasteiger partial charge is 0.378 e. The number of nitrogens with zero attached hydrogens (tertiary/aromatic N) is 4. The zero-order valence-electron chi connectivity index (χ0n) is 18.1. The predicted octanol–water partition coefficient (Wildman–Crippen LogP) is 4.01. The van der Waals surface area contributed by atoms with Gasteiger partial charge in [0.25, 0.3) is 0 Å². The molecule has 30 heavy (non-hydrogen) atoms. The Morgan fingerprint density at radius 2 is 1.73 bits per heavy atom. The average Bonchev–Trinajstić information content (AvgIpc) is 3.20. The minimum Gasteiger partial charge on any atom is -0.378 e. The van der Waals surface area contributed by atoms with Crippen LogP contribution in [0.2, 0.25) is 0 Å². The number of halogens is 1. The van der Waals surface area contributed by atoms with E-state index in [0.717, 1.165) is 36.0 Å². The molecule has 0 radical (unpaired) electrons. The maximum atomic E-state index is 4.52. The van der Waals surface area contributed by atoms with E-state index in [-0.39, 0.29) is 24.0 Å². The lowest BCUT2D eigenvalue weighted by molar-refractivity contribution is 0.464. The minimum absolute atomic E-state index is 0. The Kier molecular flexibility index (Phi) is 9.16. The first-order valence-electron chi connectivity index (χ1n) is 9.84. The van der Waals surface area contributed by atoms with Gasteiger partial charge in [-0.3, -0.25) is 4.99 Å². The van der Waals surface area contributed by atoms with E-state index in [2.05, 4.69) is 80.6 Å². The molecule has 3 aromatic rings. The molecule has 160 valence electrons. The molecule has 1 heterocycles. The molecule has 0 aliphatic carbocycles. The molecule has 0 fully saturated rings. The molecular weight excluding hydrogens is 487 g/mol. The van der Waals surface area contributed by atoms with Gasteiger partial charge in [0.15, 0.2) is 5.96 Å². The average molecular weight is 518 g/mol. The van der Waals surface area contributed by atoms with Gasteiger partial charge in [0.2, 0.25) is 0 Å². The molecule has 0 amide bonds. The summed E-state index contributed by atoms with van der Waals surface area (Å²) in [5, 5.41) is 3.44. The van der Waals surface area contributed by atoms with Gasteiger partial charge in [0.05, 0.1) is 18.4 Å². The minimum atomic E-state index is 0. The van der Waals surface area contributed by atoms with Gasteiger partial charge < -0.3 is 20.1 Å². The van der Waals surface area contributed by atoms with Crippen LogP contribution < -0.4 is 10.2 Å². The van der Waals surface area contributed by atoms with Gasteiger partial charge in [0, 0.05) is 40.4 Å². The smallest absolute Gasteiger partial charge is 0.193 e. The maximum Gasteiger partial charge on any atom is 0.193 e. The van der Waals surface area contributed by atoms with Crippen molar-refractivity contribution in [2.45, 2.75) is 13.0 Å². The van der Waals surface area contributed by atoms with Crippen LogP contribution in [-0.2, 0) is 13.0 Å². The van der Waals surface area contributed by atoms with Crippen LogP contribution in [0, 0.1) is 0 Å². The number of aromatic nitrogens is 2. The van der Waals surface area contributed by atoms with E-state index in [4.69, 9.17) is 0 Å². The molecule has 0 atom stereocenters. The van der Waals surface area contributed by atoms with E-state index in [1.807, 2.05) is 38.5 Å². The molecule has 0 aliphatic heterocycles. The molecule has 0 saturated heterocycles. The van der Waals surface area contributed by atoms with E-state index in [1.165, 1.54) is 11.3 Å². The van der Waals surface area contributed by atoms with Crippen molar-refractivity contribution in [3.05, 3.63) is 72.2 Å². The lowest BCUT2D eigenvalue weighted by Crippen LogP contribution is -2.39. The van der Waals surface area contributed by atoms with Crippen LogP contribution in [0.4, 0.5) is 5.69 Å². The van der Waals surface area contributed by atoms with Crippen LogP contribution in [0.1, 0.15) is 11.4 Å². The first kappa shape index (κ1) is 23.7. The van der Waals surface area contributed by atoms with Crippen molar-refractivity contribution >= 4 is 35.6 Å². The summed E-state index contributed by atoms with van der Waals surface area (Å²) in [4.78, 5) is 16.5. The normalized spacial score (nSPS) is 11.0. The van der Waals surface area contributed by atoms with Crippen molar-refractivity contribution in [3.63, 3.8) is 0 Å². The molecule has 0 spiro atoms. The van der Waals surface area contributed by atoms with Crippen LogP contribution in [0.15, 0.2) is 65.8 Å². The predicted molar refractivity (Wildman–Crippen MR) is 137 cm³/mol. The molecule has 0 saturated carbocycles. The second kappa shape index (κ2) is 11.6. The van der Waals surface area contributed by atoms with Crippen LogP contribution >= 0.6 is 24.0 Å². The lowest BCUT2D eigenvalue weighted by atomic mass is 10.1. The summed E-state index contributed by atoms with van der Waals surface area (Å²) in [7, 11) is 7.94. The molecule has 0 unspecified atom stereocenters. The van der Waals surface area contributed by atoms with Crippen molar-refractivity contribution in [3.8, 4) is 11.3 Å². The van der Waals surface area contributed by atoms with Gasteiger partial charge in [-0.15, -0.1) is 24.0 Å². The van der Waals surface area contributed by atoms with Crippen LogP contribution in [-0.4, -0.2) is 55.6 Å². The van der Waals surface area contributed by atoms with Gasteiger partial charge in [-0.25, -0.2) is 4.98 Å². The van der Waals surface area contributed by atoms with Gasteiger partial charge in [-0.2, -0.15) is 0 Å². The van der Waals surface area contributed by atoms with Crippen molar-refractivity contribution in [1.29, 1.82) is 0 Å². The number of hydrogen-bond acceptors (Lipinski definition) is 3. The van der Waals surface area contributed by atoms with Crippen molar-refractivity contribution in [1.82, 2.24) is 20.2 Å². The number of hydrogen-bond donors (Lipinski definition) is 2. The van der Waals surface area contributed by atoms with Crippen molar-refractivity contribution in [2.24, 2.45) is 4.99 Å². The maximum absolute atomic E-state index is 4.52. The number of guanidine groups is 1. The number of aromatic amines is 1. The Morgan fingerprint density at radius 1 is 1.03 bits per heavy atom. The van der Waals surface area contributed by atoms with Gasteiger partial charge in [-0.05, 0) is 29.7 Å². The molecular formula is C23H31IN6. The van der Waals surface area contributed by atoms with Gasteiger partial charge in [0.1, 0.15) is 5.82 Å². The summed E-state index contributed by atoms with van der Waals surface area (Å²) in [6, 6.07) is 18.9. The first-order chi connectivity index (χ1) is 14.1. The second-order valence-electron chi connectivity index (χ2n) is 7.25. The zero-order chi connectivity index (χ0) is 20.6. The zero-order valence-corrected chi connectivity index (χ0v) is 20.4. The number of H-pyrrole nitrogens is 1. The summed E-state index contributed by atoms with van der Waals surface area (Å²) in [5.74, 6) is 1.76. The first-order valence-corrected chi connectivity index (χ1v) is 9.84. The molecule has 2 aromatic carbocycles. The summed E-state index contributed by atoms with van der Waals surface area (Å²) in [5.41, 5.74) is 4.68. The number of anilines is 1.